The lowest BCUT2D eigenvalue weighted by Crippen LogP contribution is -2.29. The molecule has 0 aromatic heterocycles. The van der Waals surface area contributed by atoms with Crippen molar-refractivity contribution in [1.82, 2.24) is 0 Å². The Bertz CT molecular complexity index is 2030. The highest BCUT2D eigenvalue weighted by Crippen LogP contribution is 2.43. The normalized spacial score (nSPS) is 13.6. The molecule has 0 aliphatic rings. The van der Waals surface area contributed by atoms with E-state index < -0.39 is 26.5 Å². The van der Waals surface area contributed by atoms with Crippen molar-refractivity contribution in [3.05, 3.63) is 134 Å². The molecule has 0 aromatic carbocycles. The van der Waals surface area contributed by atoms with Crippen LogP contribution >= 0.6 is 7.82 Å². The third-order valence-corrected chi connectivity index (χ3v) is 18.0. The van der Waals surface area contributed by atoms with Gasteiger partial charge in [-0.1, -0.05) is 366 Å². The lowest BCUT2D eigenvalue weighted by atomic mass is 10.0. The summed E-state index contributed by atoms with van der Waals surface area (Å²) in [5.41, 5.74) is 5.41. The van der Waals surface area contributed by atoms with Crippen molar-refractivity contribution >= 4 is 19.8 Å². The number of ether oxygens (including phenoxy) is 2. The summed E-state index contributed by atoms with van der Waals surface area (Å²) in [4.78, 5) is 35.5. The maximum Gasteiger partial charge on any atom is 0.472 e. The zero-order valence-electron chi connectivity index (χ0n) is 61.6. The van der Waals surface area contributed by atoms with Crippen LogP contribution in [0.3, 0.4) is 0 Å². The molecule has 0 aliphatic heterocycles. The first-order chi connectivity index (χ1) is 46.8. The topological polar surface area (TPSA) is 134 Å². The number of phosphoric ester groups is 1. The van der Waals surface area contributed by atoms with Crippen LogP contribution in [-0.4, -0.2) is 49.3 Å². The predicted molar refractivity (Wildman–Crippen MR) is 413 cm³/mol. The molecule has 9 nitrogen and oxygen atoms in total. The number of phosphoric acid groups is 1. The van der Waals surface area contributed by atoms with E-state index in [0.29, 0.717) is 6.42 Å². The average molecular weight is 1340 g/mol. The molecule has 0 aliphatic carbocycles. The van der Waals surface area contributed by atoms with E-state index in [1.807, 2.05) is 0 Å². The zero-order chi connectivity index (χ0) is 68.6. The molecule has 10 heteroatoms. The van der Waals surface area contributed by atoms with Gasteiger partial charge in [-0.05, 0) is 116 Å². The van der Waals surface area contributed by atoms with Crippen LogP contribution in [-0.2, 0) is 32.7 Å². The van der Waals surface area contributed by atoms with Crippen molar-refractivity contribution in [2.45, 2.75) is 367 Å². The number of unbranched alkanes of at least 4 members (excludes halogenated alkanes) is 39. The number of allylic oxidation sites excluding steroid dienone is 22. The largest absolute Gasteiger partial charge is 0.472 e. The van der Waals surface area contributed by atoms with Crippen molar-refractivity contribution in [3.8, 4) is 0 Å². The van der Waals surface area contributed by atoms with Gasteiger partial charge >= 0.3 is 19.8 Å². The first kappa shape index (κ1) is 91.2. The fourth-order valence-electron chi connectivity index (χ4n) is 11.2. The van der Waals surface area contributed by atoms with Crippen LogP contribution in [0.5, 0.6) is 0 Å². The number of carbonyl (C=O) groups excluding carboxylic acids is 2. The van der Waals surface area contributed by atoms with E-state index in [0.717, 1.165) is 109 Å². The molecule has 3 N–H and O–H groups in total. The minimum atomic E-state index is -4.41. The first-order valence-electron chi connectivity index (χ1n) is 39.7. The van der Waals surface area contributed by atoms with Gasteiger partial charge in [-0.25, -0.2) is 4.57 Å². The van der Waals surface area contributed by atoms with Crippen LogP contribution in [0.15, 0.2) is 134 Å². The smallest absolute Gasteiger partial charge is 0.462 e. The summed E-state index contributed by atoms with van der Waals surface area (Å²) in [6.07, 6.45) is 113. The molecule has 0 saturated carbocycles. The molecule has 0 spiro atoms. The van der Waals surface area contributed by atoms with E-state index in [9.17, 15) is 19.0 Å². The van der Waals surface area contributed by atoms with E-state index in [1.165, 1.54) is 218 Å². The molecule has 95 heavy (non-hydrogen) atoms. The molecule has 0 amide bonds. The van der Waals surface area contributed by atoms with Gasteiger partial charge in [-0.2, -0.15) is 0 Å². The second kappa shape index (κ2) is 79.1. The first-order valence-corrected chi connectivity index (χ1v) is 41.2. The van der Waals surface area contributed by atoms with Crippen molar-refractivity contribution in [1.29, 1.82) is 0 Å². The molecule has 0 radical (unpaired) electrons. The molecule has 0 aromatic rings. The van der Waals surface area contributed by atoms with E-state index in [1.54, 1.807) is 0 Å². The molecule has 0 fully saturated rings. The van der Waals surface area contributed by atoms with Crippen molar-refractivity contribution in [2.75, 3.05) is 26.4 Å². The van der Waals surface area contributed by atoms with Gasteiger partial charge in [0.2, 0.25) is 0 Å². The second-order valence-corrected chi connectivity index (χ2v) is 27.7. The summed E-state index contributed by atoms with van der Waals surface area (Å²) in [5.74, 6) is -0.830. The van der Waals surface area contributed by atoms with Crippen LogP contribution in [0.1, 0.15) is 361 Å². The highest BCUT2D eigenvalue weighted by molar-refractivity contribution is 7.47. The fourth-order valence-corrected chi connectivity index (χ4v) is 12.0. The fraction of sp³-hybridized carbons (Fsp3) is 0.718. The highest BCUT2D eigenvalue weighted by atomic mass is 31.2. The maximum absolute atomic E-state index is 12.8. The maximum atomic E-state index is 12.8. The Kier molecular flexibility index (Phi) is 75.9. The van der Waals surface area contributed by atoms with Crippen LogP contribution in [0, 0.1) is 0 Å². The number of hydrogen-bond acceptors (Lipinski definition) is 8. The summed E-state index contributed by atoms with van der Waals surface area (Å²) < 4.78 is 33.3. The molecular formula is C85H148NO8P. The van der Waals surface area contributed by atoms with Gasteiger partial charge in [0, 0.05) is 19.4 Å². The lowest BCUT2D eigenvalue weighted by molar-refractivity contribution is -0.161. The van der Waals surface area contributed by atoms with Gasteiger partial charge in [-0.15, -0.1) is 0 Å². The Morgan fingerprint density at radius 3 is 0.874 bits per heavy atom. The number of hydrogen-bond donors (Lipinski definition) is 2. The third-order valence-electron chi connectivity index (χ3n) is 17.0. The van der Waals surface area contributed by atoms with E-state index in [2.05, 4.69) is 148 Å². The summed E-state index contributed by atoms with van der Waals surface area (Å²) >= 11 is 0. The molecular weight excluding hydrogens is 1190 g/mol. The van der Waals surface area contributed by atoms with Crippen LogP contribution in [0.2, 0.25) is 0 Å². The Hall–Kier alpha value is -3.85. The van der Waals surface area contributed by atoms with Gasteiger partial charge in [0.25, 0.3) is 0 Å². The minimum absolute atomic E-state index is 0.0476. The highest BCUT2D eigenvalue weighted by Gasteiger charge is 2.26. The van der Waals surface area contributed by atoms with Crippen LogP contribution < -0.4 is 5.73 Å². The Morgan fingerprint density at radius 2 is 0.579 bits per heavy atom. The van der Waals surface area contributed by atoms with Crippen LogP contribution in [0.4, 0.5) is 0 Å². The molecule has 2 atom stereocenters. The molecule has 0 rings (SSSR count). The van der Waals surface area contributed by atoms with Crippen molar-refractivity contribution in [3.63, 3.8) is 0 Å². The lowest BCUT2D eigenvalue weighted by Gasteiger charge is -2.19. The monoisotopic (exact) mass is 1340 g/mol. The Labute approximate surface area is 586 Å². The van der Waals surface area contributed by atoms with Gasteiger partial charge in [0.15, 0.2) is 6.10 Å². The second-order valence-electron chi connectivity index (χ2n) is 26.2. The van der Waals surface area contributed by atoms with E-state index in [-0.39, 0.29) is 38.6 Å². The molecule has 0 bridgehead atoms. The number of esters is 2. The molecule has 0 heterocycles. The van der Waals surface area contributed by atoms with Gasteiger partial charge in [-0.3, -0.25) is 18.6 Å². The average Bonchev–Trinajstić information content (AvgIpc) is 3.16. The van der Waals surface area contributed by atoms with Gasteiger partial charge in [0.05, 0.1) is 13.2 Å². The summed E-state index contributed by atoms with van der Waals surface area (Å²) in [6, 6.07) is 0. The number of rotatable bonds is 74. The Morgan fingerprint density at radius 1 is 0.326 bits per heavy atom. The Balaban J connectivity index is 3.88. The molecule has 546 valence electrons. The number of nitrogens with two attached hydrogens (primary N) is 1. The molecule has 0 saturated heterocycles. The summed E-state index contributed by atoms with van der Waals surface area (Å²) in [5, 5.41) is 0. The predicted octanol–water partition coefficient (Wildman–Crippen LogP) is 26.8. The standard InChI is InChI=1S/C85H148NO8P/c1-3-5-7-9-11-13-15-17-19-21-23-25-27-29-31-33-35-37-39-40-41-42-44-46-48-50-52-54-56-58-60-62-64-66-68-70-72-74-76-78-85(88)94-83(82-93-95(89,90)92-80-79-86)81-91-84(87)77-75-73-71-69-67-65-63-61-59-57-55-53-51-49-47-45-43-38-36-34-32-30-28-26-24-22-20-18-16-14-12-10-8-6-4-2/h5,7,11,13,17,19,22-25,29,31,35,37,40-41,44,46,50,52,56,58,83H,3-4,6,8-10,12,14-16,18,20-21,26-28,30,32-34,36,38-39,42-43,45,47-49,51,53-55,57,59-82,86H2,1-2H3,(H,89,90)/b7-5-,13-11-,19-17-,24-22-,25-23-,31-29-,37-35-,41-40-,46-44-,52-50-,58-56-. The van der Waals surface area contributed by atoms with Crippen molar-refractivity contribution < 1.29 is 37.6 Å². The number of carbonyl (C=O) groups is 2. The zero-order valence-corrected chi connectivity index (χ0v) is 62.5. The third kappa shape index (κ3) is 79.0. The van der Waals surface area contributed by atoms with E-state index in [4.69, 9.17) is 24.3 Å². The van der Waals surface area contributed by atoms with Crippen molar-refractivity contribution in [2.24, 2.45) is 5.73 Å². The van der Waals surface area contributed by atoms with E-state index >= 15 is 0 Å². The quantitative estimate of drug-likeness (QED) is 0.0264. The SMILES string of the molecule is CC/C=C\C/C=C\C/C=C\C/C=C\C/C=C\C/C=C\C/C=C\C/C=C\C/C=C\C/C=C\CCCCCCCCCCC(=O)OC(COC(=O)CCCCCCCCCCCCCCCCCCCCCCCCC/C=C\CCCCCCCCCC)COP(=O)(O)OCCN. The molecule has 2 unspecified atom stereocenters. The van der Waals surface area contributed by atoms with Gasteiger partial charge in [0.1, 0.15) is 6.61 Å². The van der Waals surface area contributed by atoms with Crippen LogP contribution in [0.25, 0.3) is 0 Å². The summed E-state index contributed by atoms with van der Waals surface area (Å²) in [7, 11) is -4.41. The minimum Gasteiger partial charge on any atom is -0.462 e. The van der Waals surface area contributed by atoms with Gasteiger partial charge < -0.3 is 20.1 Å². The summed E-state index contributed by atoms with van der Waals surface area (Å²) in [6.45, 7) is 3.65.